The Morgan fingerprint density at radius 3 is 1.14 bits per heavy atom. The van der Waals surface area contributed by atoms with Gasteiger partial charge in [-0.05, 0) is 25.7 Å². The van der Waals surface area contributed by atoms with Crippen molar-refractivity contribution < 1.29 is 19.5 Å². The fraction of sp³-hybridized carbons (Fsp3) is 0.864. The van der Waals surface area contributed by atoms with E-state index in [9.17, 15) is 19.5 Å². The van der Waals surface area contributed by atoms with Crippen LogP contribution in [0.2, 0.25) is 0 Å². The second kappa shape index (κ2) is 17.2. The lowest BCUT2D eigenvalue weighted by Gasteiger charge is -2.29. The lowest BCUT2D eigenvalue weighted by molar-refractivity contribution is -0.141. The Hall–Kier alpha value is -1.63. The third-order valence-corrected chi connectivity index (χ3v) is 4.91. The summed E-state index contributed by atoms with van der Waals surface area (Å²) in [6.07, 6.45) is 7.69. The number of carbonyl (C=O) groups is 3. The topological polar surface area (TPSA) is 81.2 Å². The van der Waals surface area contributed by atoms with E-state index in [0.29, 0.717) is 26.2 Å². The van der Waals surface area contributed by atoms with E-state index in [4.69, 9.17) is 0 Å². The molecule has 0 saturated heterocycles. The van der Waals surface area contributed by atoms with Gasteiger partial charge < -0.3 is 14.9 Å². The molecule has 29 heavy (non-hydrogen) atoms. The summed E-state index contributed by atoms with van der Waals surface area (Å²) in [4.78, 5) is 42.0. The fourth-order valence-corrected chi connectivity index (χ4v) is 3.06. The van der Waals surface area contributed by atoms with Crippen LogP contribution in [-0.2, 0) is 14.4 Å². The fourth-order valence-electron chi connectivity index (χ4n) is 3.06. The summed E-state index contributed by atoms with van der Waals surface area (Å²) in [5.74, 6) is -1.20. The van der Waals surface area contributed by atoms with Crippen LogP contribution in [0.4, 0.5) is 0 Å². The van der Waals surface area contributed by atoms with Gasteiger partial charge in [-0.25, -0.2) is 0 Å². The quantitative estimate of drug-likeness (QED) is 0.373. The van der Waals surface area contributed by atoms with Crippen LogP contribution in [0.25, 0.3) is 0 Å². The summed E-state index contributed by atoms with van der Waals surface area (Å²) < 4.78 is 0. The number of carboxylic acid groups (broad SMARTS) is 1. The van der Waals surface area contributed by atoms with Crippen molar-refractivity contribution in [3.8, 4) is 0 Å². The van der Waals surface area contributed by atoms with E-state index in [1.807, 2.05) is 9.80 Å². The predicted octanol–water partition coefficient (Wildman–Crippen LogP) is 3.23. The molecule has 1 N–H and O–H groups in total. The number of amides is 2. The maximum atomic E-state index is 12.8. The van der Waals surface area contributed by atoms with Crippen LogP contribution in [0.15, 0.2) is 0 Å². The molecule has 0 aliphatic rings. The van der Waals surface area contributed by atoms with Crippen molar-refractivity contribution in [2.45, 2.75) is 79.1 Å². The minimum Gasteiger partial charge on any atom is -0.480 e. The van der Waals surface area contributed by atoms with Crippen LogP contribution in [0.3, 0.4) is 0 Å². The molecule has 170 valence electrons. The number of rotatable bonds is 18. The number of hydrogen-bond donors (Lipinski definition) is 1. The van der Waals surface area contributed by atoms with Gasteiger partial charge in [0.2, 0.25) is 11.8 Å². The first-order valence-corrected chi connectivity index (χ1v) is 11.4. The highest BCUT2D eigenvalue weighted by atomic mass is 16.4. The van der Waals surface area contributed by atoms with Crippen molar-refractivity contribution in [3.63, 3.8) is 0 Å². The summed E-state index contributed by atoms with van der Waals surface area (Å²) in [5, 5.41) is 9.26. The van der Waals surface area contributed by atoms with E-state index >= 15 is 0 Å². The third kappa shape index (κ3) is 13.3. The van der Waals surface area contributed by atoms with Crippen LogP contribution in [0.5, 0.6) is 0 Å². The molecule has 0 aromatic heterocycles. The molecule has 0 bridgehead atoms. The molecular formula is C22H43N3O4. The molecule has 2 amide bonds. The first kappa shape index (κ1) is 27.4. The molecular weight excluding hydrogens is 370 g/mol. The summed E-state index contributed by atoms with van der Waals surface area (Å²) in [6, 6.07) is 0. The molecule has 0 radical (unpaired) electrons. The summed E-state index contributed by atoms with van der Waals surface area (Å²) in [5.41, 5.74) is 0. The van der Waals surface area contributed by atoms with Crippen LogP contribution in [0, 0.1) is 0 Å². The molecule has 0 aromatic rings. The summed E-state index contributed by atoms with van der Waals surface area (Å²) in [7, 11) is 0. The SMILES string of the molecule is CCCCN(CCCC)C(=O)CN(CC(=O)O)CC(=O)N(CCCC)CCCC. The highest BCUT2D eigenvalue weighted by molar-refractivity contribution is 5.82. The zero-order chi connectivity index (χ0) is 22.1. The first-order chi connectivity index (χ1) is 13.9. The van der Waals surface area contributed by atoms with Gasteiger partial charge >= 0.3 is 5.97 Å². The molecule has 7 nitrogen and oxygen atoms in total. The van der Waals surface area contributed by atoms with Crippen LogP contribution >= 0.6 is 0 Å². The molecule has 0 unspecified atom stereocenters. The van der Waals surface area contributed by atoms with E-state index < -0.39 is 5.97 Å². The highest BCUT2D eigenvalue weighted by Gasteiger charge is 2.23. The molecule has 0 spiro atoms. The van der Waals surface area contributed by atoms with E-state index in [-0.39, 0.29) is 31.4 Å². The third-order valence-electron chi connectivity index (χ3n) is 4.91. The Labute approximate surface area is 177 Å². The van der Waals surface area contributed by atoms with Gasteiger partial charge in [0.1, 0.15) is 0 Å². The predicted molar refractivity (Wildman–Crippen MR) is 117 cm³/mol. The largest absolute Gasteiger partial charge is 0.480 e. The van der Waals surface area contributed by atoms with Gasteiger partial charge in [0.25, 0.3) is 0 Å². The minimum atomic E-state index is -1.02. The zero-order valence-electron chi connectivity index (χ0n) is 19.1. The van der Waals surface area contributed by atoms with E-state index in [1.165, 1.54) is 4.90 Å². The van der Waals surface area contributed by atoms with Gasteiger partial charge in [-0.15, -0.1) is 0 Å². The maximum absolute atomic E-state index is 12.8. The molecule has 0 heterocycles. The van der Waals surface area contributed by atoms with E-state index in [0.717, 1.165) is 51.4 Å². The van der Waals surface area contributed by atoms with Gasteiger partial charge in [-0.2, -0.15) is 0 Å². The highest BCUT2D eigenvalue weighted by Crippen LogP contribution is 2.05. The molecule has 7 heteroatoms. The van der Waals surface area contributed by atoms with Crippen molar-refractivity contribution in [1.82, 2.24) is 14.7 Å². The van der Waals surface area contributed by atoms with Gasteiger partial charge in [0.05, 0.1) is 19.6 Å². The monoisotopic (exact) mass is 413 g/mol. The summed E-state index contributed by atoms with van der Waals surface area (Å²) >= 11 is 0. The molecule has 0 rings (SSSR count). The zero-order valence-corrected chi connectivity index (χ0v) is 19.1. The van der Waals surface area contributed by atoms with Gasteiger partial charge in [-0.3, -0.25) is 19.3 Å². The number of unbranched alkanes of at least 4 members (excludes halogenated alkanes) is 4. The molecule has 0 atom stereocenters. The lowest BCUT2D eigenvalue weighted by atomic mass is 10.2. The molecule has 0 fully saturated rings. The molecule has 0 aliphatic heterocycles. The van der Waals surface area contributed by atoms with Crippen molar-refractivity contribution in [1.29, 1.82) is 0 Å². The molecule has 0 saturated carbocycles. The van der Waals surface area contributed by atoms with E-state index in [2.05, 4.69) is 27.7 Å². The average molecular weight is 414 g/mol. The standard InChI is InChI=1S/C22H43N3O4/c1-5-9-13-24(14-10-6-2)20(26)17-23(19-22(28)29)18-21(27)25(15-11-7-3)16-12-8-4/h5-19H2,1-4H3,(H,28,29). The average Bonchev–Trinajstić information content (AvgIpc) is 2.67. The smallest absolute Gasteiger partial charge is 0.317 e. The molecule has 0 aliphatic carbocycles. The van der Waals surface area contributed by atoms with Crippen LogP contribution in [0.1, 0.15) is 79.1 Å². The van der Waals surface area contributed by atoms with Crippen LogP contribution < -0.4 is 0 Å². The number of carboxylic acids is 1. The van der Waals surface area contributed by atoms with Crippen molar-refractivity contribution in [3.05, 3.63) is 0 Å². The first-order valence-electron chi connectivity index (χ1n) is 11.4. The Morgan fingerprint density at radius 1 is 0.586 bits per heavy atom. The Bertz CT molecular complexity index is 421. The van der Waals surface area contributed by atoms with Gasteiger partial charge in [-0.1, -0.05) is 53.4 Å². The van der Waals surface area contributed by atoms with Gasteiger partial charge in [0, 0.05) is 26.2 Å². The van der Waals surface area contributed by atoms with Crippen molar-refractivity contribution >= 4 is 17.8 Å². The normalized spacial score (nSPS) is 10.9. The second-order valence-corrected chi connectivity index (χ2v) is 7.71. The number of carbonyl (C=O) groups excluding carboxylic acids is 2. The Morgan fingerprint density at radius 2 is 0.897 bits per heavy atom. The second-order valence-electron chi connectivity index (χ2n) is 7.71. The van der Waals surface area contributed by atoms with Crippen molar-refractivity contribution in [2.24, 2.45) is 0 Å². The molecule has 0 aromatic carbocycles. The number of hydrogen-bond acceptors (Lipinski definition) is 4. The Balaban J connectivity index is 5.07. The number of nitrogens with zero attached hydrogens (tertiary/aromatic N) is 3. The Kier molecular flexibility index (Phi) is 16.3. The lowest BCUT2D eigenvalue weighted by Crippen LogP contribution is -2.47. The number of aliphatic carboxylic acids is 1. The van der Waals surface area contributed by atoms with Gasteiger partial charge in [0.15, 0.2) is 0 Å². The summed E-state index contributed by atoms with van der Waals surface area (Å²) in [6.45, 7) is 10.7. The van der Waals surface area contributed by atoms with Crippen LogP contribution in [-0.4, -0.2) is 83.4 Å². The van der Waals surface area contributed by atoms with Crippen molar-refractivity contribution in [2.75, 3.05) is 45.8 Å². The van der Waals surface area contributed by atoms with E-state index in [1.54, 1.807) is 0 Å². The minimum absolute atomic E-state index is 0.0269. The maximum Gasteiger partial charge on any atom is 0.317 e.